The van der Waals surface area contributed by atoms with Crippen molar-refractivity contribution in [3.05, 3.63) is 0 Å². The summed E-state index contributed by atoms with van der Waals surface area (Å²) in [6.07, 6.45) is -0.0268. The van der Waals surface area contributed by atoms with Crippen LogP contribution in [-0.4, -0.2) is 39.3 Å². The summed E-state index contributed by atoms with van der Waals surface area (Å²) in [5.41, 5.74) is 5.54. The van der Waals surface area contributed by atoms with Gasteiger partial charge in [0.2, 0.25) is 11.9 Å². The molecule has 0 aliphatic heterocycles. The zero-order valence-electron chi connectivity index (χ0n) is 10.3. The smallest absolute Gasteiger partial charge is 0.323 e. The number of aromatic nitrogens is 3. The average molecular weight is 241 g/mol. The van der Waals surface area contributed by atoms with Crippen molar-refractivity contribution in [2.45, 2.75) is 26.9 Å². The third-order valence-corrected chi connectivity index (χ3v) is 1.89. The Balaban J connectivity index is 2.68. The number of nitrogen functional groups attached to an aromatic ring is 1. The van der Waals surface area contributed by atoms with Gasteiger partial charge in [-0.15, -0.1) is 0 Å². The minimum atomic E-state index is -0.0268. The minimum Gasteiger partial charge on any atom is -0.461 e. The molecule has 0 amide bonds. The second kappa shape index (κ2) is 6.19. The van der Waals surface area contributed by atoms with E-state index in [0.29, 0.717) is 12.5 Å². The fourth-order valence-electron chi connectivity index (χ4n) is 1.04. The van der Waals surface area contributed by atoms with E-state index in [9.17, 15) is 0 Å². The van der Waals surface area contributed by atoms with Crippen LogP contribution in [0.1, 0.15) is 20.8 Å². The van der Waals surface area contributed by atoms with Gasteiger partial charge >= 0.3 is 6.01 Å². The van der Waals surface area contributed by atoms with E-state index in [4.69, 9.17) is 15.6 Å². The van der Waals surface area contributed by atoms with Crippen LogP contribution in [0.5, 0.6) is 6.01 Å². The average Bonchev–Trinajstić information content (AvgIpc) is 2.24. The lowest BCUT2D eigenvalue weighted by atomic mass is 10.2. The van der Waals surface area contributed by atoms with E-state index >= 15 is 0 Å². The number of nitrogens with one attached hydrogen (secondary N) is 1. The molecule has 0 fully saturated rings. The zero-order chi connectivity index (χ0) is 12.8. The van der Waals surface area contributed by atoms with Gasteiger partial charge in [0.05, 0.1) is 6.10 Å². The number of anilines is 2. The highest BCUT2D eigenvalue weighted by molar-refractivity contribution is 5.32. The molecule has 1 atom stereocenters. The lowest BCUT2D eigenvalue weighted by Gasteiger charge is -2.11. The molecule has 1 heterocycles. The normalized spacial score (nSPS) is 12.5. The number of hydrogen-bond acceptors (Lipinski definition) is 7. The van der Waals surface area contributed by atoms with E-state index in [1.807, 2.05) is 20.8 Å². The van der Waals surface area contributed by atoms with Crippen molar-refractivity contribution >= 4 is 11.9 Å². The lowest BCUT2D eigenvalue weighted by Crippen LogP contribution is -2.18. The number of hydrogen-bond donors (Lipinski definition) is 3. The first-order chi connectivity index (χ1) is 8.01. The number of nitrogens with two attached hydrogens (primary N) is 1. The first kappa shape index (κ1) is 13.4. The fourth-order valence-corrected chi connectivity index (χ4v) is 1.04. The molecule has 0 aromatic carbocycles. The summed E-state index contributed by atoms with van der Waals surface area (Å²) in [5, 5.41) is 11.9. The molecule has 4 N–H and O–H groups in total. The highest BCUT2D eigenvalue weighted by Gasteiger charge is 2.08. The van der Waals surface area contributed by atoms with Crippen LogP contribution in [0.4, 0.5) is 11.9 Å². The van der Waals surface area contributed by atoms with Crippen LogP contribution >= 0.6 is 0 Å². The van der Waals surface area contributed by atoms with Crippen molar-refractivity contribution in [2.75, 3.05) is 24.2 Å². The quantitative estimate of drug-likeness (QED) is 0.656. The summed E-state index contributed by atoms with van der Waals surface area (Å²) in [6.45, 7) is 6.31. The molecule has 7 nitrogen and oxygen atoms in total. The van der Waals surface area contributed by atoms with E-state index in [2.05, 4.69) is 20.3 Å². The molecule has 0 aliphatic rings. The summed E-state index contributed by atoms with van der Waals surface area (Å²) in [4.78, 5) is 11.9. The Labute approximate surface area is 100 Å². The van der Waals surface area contributed by atoms with E-state index in [0.717, 1.165) is 0 Å². The molecule has 0 spiro atoms. The van der Waals surface area contributed by atoms with Crippen LogP contribution < -0.4 is 15.8 Å². The third kappa shape index (κ3) is 4.81. The van der Waals surface area contributed by atoms with Crippen LogP contribution in [0.2, 0.25) is 0 Å². The number of rotatable bonds is 6. The van der Waals surface area contributed by atoms with Gasteiger partial charge in [0, 0.05) is 13.2 Å². The monoisotopic (exact) mass is 241 g/mol. The first-order valence-electron chi connectivity index (χ1n) is 5.54. The van der Waals surface area contributed by atoms with Crippen LogP contribution in [0.25, 0.3) is 0 Å². The predicted octanol–water partition coefficient (Wildman–Crippen LogP) is 0.281. The second-order valence-corrected chi connectivity index (χ2v) is 4.14. The van der Waals surface area contributed by atoms with Crippen molar-refractivity contribution in [3.8, 4) is 6.01 Å². The topological polar surface area (TPSA) is 106 Å². The summed E-state index contributed by atoms with van der Waals surface area (Å²) >= 11 is 0. The van der Waals surface area contributed by atoms with Crippen LogP contribution in [0.15, 0.2) is 0 Å². The van der Waals surface area contributed by atoms with Gasteiger partial charge in [0.15, 0.2) is 0 Å². The van der Waals surface area contributed by atoms with Crippen molar-refractivity contribution in [2.24, 2.45) is 5.92 Å². The molecule has 17 heavy (non-hydrogen) atoms. The maximum atomic E-state index is 8.90. The van der Waals surface area contributed by atoms with Crippen molar-refractivity contribution in [1.29, 1.82) is 0 Å². The predicted molar refractivity (Wildman–Crippen MR) is 64.7 cm³/mol. The number of nitrogens with zero attached hydrogens (tertiary/aromatic N) is 3. The Morgan fingerprint density at radius 2 is 2.00 bits per heavy atom. The molecule has 0 saturated heterocycles. The number of ether oxygens (including phenoxy) is 1. The molecule has 0 aliphatic carbocycles. The van der Waals surface area contributed by atoms with Crippen molar-refractivity contribution < 1.29 is 9.84 Å². The van der Waals surface area contributed by atoms with Gasteiger partial charge in [0.1, 0.15) is 0 Å². The third-order valence-electron chi connectivity index (χ3n) is 1.89. The number of aliphatic hydroxyl groups excluding tert-OH is 1. The van der Waals surface area contributed by atoms with E-state index in [-0.39, 0.29) is 30.6 Å². The maximum absolute atomic E-state index is 8.90. The molecular weight excluding hydrogens is 222 g/mol. The molecule has 0 bridgehead atoms. The van der Waals surface area contributed by atoms with Crippen LogP contribution in [0, 0.1) is 5.92 Å². The molecule has 1 aromatic rings. The molecule has 1 rings (SSSR count). The Morgan fingerprint density at radius 1 is 1.29 bits per heavy atom. The fraction of sp³-hybridized carbons (Fsp3) is 0.700. The highest BCUT2D eigenvalue weighted by atomic mass is 16.5. The summed E-state index contributed by atoms with van der Waals surface area (Å²) in [7, 11) is 0. The van der Waals surface area contributed by atoms with Gasteiger partial charge in [-0.1, -0.05) is 6.92 Å². The second-order valence-electron chi connectivity index (χ2n) is 4.14. The largest absolute Gasteiger partial charge is 0.461 e. The lowest BCUT2D eigenvalue weighted by molar-refractivity contribution is 0.222. The van der Waals surface area contributed by atoms with Crippen molar-refractivity contribution in [3.63, 3.8) is 0 Å². The van der Waals surface area contributed by atoms with Gasteiger partial charge in [-0.3, -0.25) is 0 Å². The van der Waals surface area contributed by atoms with Gasteiger partial charge in [0.25, 0.3) is 0 Å². The minimum absolute atomic E-state index is 0.0268. The Hall–Kier alpha value is -1.63. The molecule has 1 unspecified atom stereocenters. The van der Waals surface area contributed by atoms with Crippen LogP contribution in [0.3, 0.4) is 0 Å². The molecule has 0 saturated carbocycles. The van der Waals surface area contributed by atoms with Crippen molar-refractivity contribution in [1.82, 2.24) is 15.0 Å². The molecule has 7 heteroatoms. The van der Waals surface area contributed by atoms with Gasteiger partial charge in [-0.05, 0) is 19.8 Å². The van der Waals surface area contributed by atoms with Gasteiger partial charge in [-0.2, -0.15) is 15.0 Å². The maximum Gasteiger partial charge on any atom is 0.323 e. The van der Waals surface area contributed by atoms with Gasteiger partial charge < -0.3 is 20.9 Å². The molecule has 0 radical (unpaired) electrons. The SMILES string of the molecule is CC(CO)CNc1nc(N)nc(OC(C)C)n1. The summed E-state index contributed by atoms with van der Waals surface area (Å²) in [5.74, 6) is 0.575. The Morgan fingerprint density at radius 3 is 2.59 bits per heavy atom. The zero-order valence-corrected chi connectivity index (χ0v) is 10.3. The summed E-state index contributed by atoms with van der Waals surface area (Å²) in [6, 6.07) is 0.201. The standard InChI is InChI=1S/C10H19N5O2/c1-6(2)17-10-14-8(11)13-9(15-10)12-4-7(3)5-16/h6-7,16H,4-5H2,1-3H3,(H3,11,12,13,14,15). The Bertz CT molecular complexity index is 359. The number of aliphatic hydroxyl groups is 1. The first-order valence-corrected chi connectivity index (χ1v) is 5.54. The molecule has 1 aromatic heterocycles. The van der Waals surface area contributed by atoms with Gasteiger partial charge in [-0.25, -0.2) is 0 Å². The molecule has 96 valence electrons. The van der Waals surface area contributed by atoms with Crippen LogP contribution in [-0.2, 0) is 0 Å². The van der Waals surface area contributed by atoms with E-state index in [1.165, 1.54) is 0 Å². The Kier molecular flexibility index (Phi) is 4.89. The molecular formula is C10H19N5O2. The highest BCUT2D eigenvalue weighted by Crippen LogP contribution is 2.10. The summed E-state index contributed by atoms with van der Waals surface area (Å²) < 4.78 is 5.34. The van der Waals surface area contributed by atoms with E-state index < -0.39 is 0 Å². The van der Waals surface area contributed by atoms with E-state index in [1.54, 1.807) is 0 Å².